The summed E-state index contributed by atoms with van der Waals surface area (Å²) in [5, 5.41) is 18.0. The third kappa shape index (κ3) is 3.58. The zero-order valence-electron chi connectivity index (χ0n) is 11.0. The highest BCUT2D eigenvalue weighted by Gasteiger charge is 2.34. The van der Waals surface area contributed by atoms with E-state index < -0.39 is 23.4 Å². The van der Waals surface area contributed by atoms with Crippen LogP contribution < -0.4 is 10.9 Å². The molecule has 0 amide bonds. The summed E-state index contributed by atoms with van der Waals surface area (Å²) < 4.78 is 38.6. The van der Waals surface area contributed by atoms with E-state index in [-0.39, 0.29) is 22.8 Å². The van der Waals surface area contributed by atoms with Crippen LogP contribution in [0.1, 0.15) is 17.2 Å². The Bertz CT molecular complexity index is 718. The van der Waals surface area contributed by atoms with Crippen molar-refractivity contribution in [2.75, 3.05) is 11.9 Å². The number of nitrogens with zero attached hydrogens (tertiary/aromatic N) is 1. The summed E-state index contributed by atoms with van der Waals surface area (Å²) in [7, 11) is 0. The van der Waals surface area contributed by atoms with Gasteiger partial charge in [-0.1, -0.05) is 29.8 Å². The van der Waals surface area contributed by atoms with E-state index in [1.807, 2.05) is 0 Å². The predicted octanol–water partition coefficient (Wildman–Crippen LogP) is 2.59. The Kier molecular flexibility index (Phi) is 4.72. The number of nitrogens with one attached hydrogen (secondary N) is 2. The number of aromatic amines is 1. The molecular weight excluding hydrogens is 323 g/mol. The van der Waals surface area contributed by atoms with Crippen molar-refractivity contribution in [3.8, 4) is 0 Å². The predicted molar refractivity (Wildman–Crippen MR) is 74.8 cm³/mol. The molecule has 3 N–H and O–H groups in total. The maximum absolute atomic E-state index is 12.9. The Morgan fingerprint density at radius 2 is 2.05 bits per heavy atom. The van der Waals surface area contributed by atoms with Crippen molar-refractivity contribution >= 4 is 17.3 Å². The molecule has 0 unspecified atom stereocenters. The number of aliphatic hydroxyl groups is 1. The van der Waals surface area contributed by atoms with Gasteiger partial charge in [-0.05, 0) is 11.6 Å². The van der Waals surface area contributed by atoms with Crippen molar-refractivity contribution in [1.82, 2.24) is 10.2 Å². The molecule has 118 valence electrons. The Morgan fingerprint density at radius 1 is 1.36 bits per heavy atom. The van der Waals surface area contributed by atoms with Gasteiger partial charge in [0.15, 0.2) is 0 Å². The number of benzene rings is 1. The number of hydrogen-bond donors (Lipinski definition) is 3. The van der Waals surface area contributed by atoms with Gasteiger partial charge in [0.25, 0.3) is 5.56 Å². The second kappa shape index (κ2) is 6.37. The molecule has 0 saturated heterocycles. The summed E-state index contributed by atoms with van der Waals surface area (Å²) in [4.78, 5) is 11.2. The molecule has 0 aliphatic heterocycles. The van der Waals surface area contributed by atoms with Gasteiger partial charge in [-0.25, -0.2) is 5.10 Å². The van der Waals surface area contributed by atoms with Crippen LogP contribution in [0.5, 0.6) is 0 Å². The molecule has 0 aliphatic carbocycles. The molecule has 0 fully saturated rings. The van der Waals surface area contributed by atoms with Gasteiger partial charge in [-0.2, -0.15) is 18.3 Å². The number of aliphatic hydroxyl groups excluding tert-OH is 1. The van der Waals surface area contributed by atoms with E-state index in [2.05, 4.69) is 15.5 Å². The fourth-order valence-corrected chi connectivity index (χ4v) is 2.03. The van der Waals surface area contributed by atoms with Crippen LogP contribution in [0.15, 0.2) is 35.3 Å². The average molecular weight is 334 g/mol. The molecule has 1 aromatic carbocycles. The smallest absolute Gasteiger partial charge is 0.387 e. The standard InChI is InChI=1S/C13H11ClF3N3O2/c14-11-9(5-19-20-12(11)22)18-6-10(21)7-3-1-2-4-8(7)13(15,16)17/h1-5,10,21H,6H2,(H2,18,20,22)/t10-/m0/s1. The van der Waals surface area contributed by atoms with Crippen LogP contribution in [0.3, 0.4) is 0 Å². The molecule has 0 spiro atoms. The van der Waals surface area contributed by atoms with Crippen molar-refractivity contribution < 1.29 is 18.3 Å². The summed E-state index contributed by atoms with van der Waals surface area (Å²) in [6.45, 7) is -0.266. The molecule has 0 bridgehead atoms. The summed E-state index contributed by atoms with van der Waals surface area (Å²) in [6.07, 6.45) is -4.81. The topological polar surface area (TPSA) is 78.0 Å². The van der Waals surface area contributed by atoms with E-state index in [1.165, 1.54) is 24.4 Å². The lowest BCUT2D eigenvalue weighted by molar-refractivity contribution is -0.139. The summed E-state index contributed by atoms with van der Waals surface area (Å²) >= 11 is 5.72. The second-order valence-corrected chi connectivity index (χ2v) is 4.79. The minimum Gasteiger partial charge on any atom is -0.387 e. The summed E-state index contributed by atoms with van der Waals surface area (Å²) in [5.74, 6) is 0. The molecule has 1 atom stereocenters. The van der Waals surface area contributed by atoms with Gasteiger partial charge in [0.1, 0.15) is 5.02 Å². The quantitative estimate of drug-likeness (QED) is 0.803. The van der Waals surface area contributed by atoms with Crippen molar-refractivity contribution in [2.45, 2.75) is 12.3 Å². The highest BCUT2D eigenvalue weighted by molar-refractivity contribution is 6.32. The van der Waals surface area contributed by atoms with Crippen molar-refractivity contribution in [1.29, 1.82) is 0 Å². The van der Waals surface area contributed by atoms with Gasteiger partial charge in [0.2, 0.25) is 0 Å². The van der Waals surface area contributed by atoms with E-state index in [1.54, 1.807) is 0 Å². The SMILES string of the molecule is O=c1[nH]ncc(NC[C@H](O)c2ccccc2C(F)(F)F)c1Cl. The summed E-state index contributed by atoms with van der Waals surface area (Å²) in [6, 6.07) is 4.71. The monoisotopic (exact) mass is 333 g/mol. The van der Waals surface area contributed by atoms with Crippen LogP contribution in [-0.2, 0) is 6.18 Å². The van der Waals surface area contributed by atoms with Crippen molar-refractivity contribution in [3.63, 3.8) is 0 Å². The Balaban J connectivity index is 2.18. The van der Waals surface area contributed by atoms with E-state index >= 15 is 0 Å². The fraction of sp³-hybridized carbons (Fsp3) is 0.231. The van der Waals surface area contributed by atoms with E-state index in [0.717, 1.165) is 6.07 Å². The molecule has 5 nitrogen and oxygen atoms in total. The minimum absolute atomic E-state index is 0.119. The molecule has 1 heterocycles. The fourth-order valence-electron chi connectivity index (χ4n) is 1.87. The molecule has 0 saturated carbocycles. The van der Waals surface area contributed by atoms with Gasteiger partial charge >= 0.3 is 6.18 Å². The van der Waals surface area contributed by atoms with Gasteiger partial charge in [0, 0.05) is 6.54 Å². The molecule has 2 rings (SSSR count). The number of anilines is 1. The van der Waals surface area contributed by atoms with Crippen molar-refractivity contribution in [3.05, 3.63) is 57.0 Å². The molecule has 0 aliphatic rings. The van der Waals surface area contributed by atoms with Gasteiger partial charge < -0.3 is 10.4 Å². The number of halogens is 4. The van der Waals surface area contributed by atoms with Crippen LogP contribution >= 0.6 is 11.6 Å². The minimum atomic E-state index is -4.57. The lowest BCUT2D eigenvalue weighted by Crippen LogP contribution is -2.19. The van der Waals surface area contributed by atoms with Gasteiger partial charge in [-0.15, -0.1) is 0 Å². The lowest BCUT2D eigenvalue weighted by atomic mass is 10.0. The first-order valence-corrected chi connectivity index (χ1v) is 6.49. The zero-order valence-corrected chi connectivity index (χ0v) is 11.7. The third-order valence-corrected chi connectivity index (χ3v) is 3.28. The largest absolute Gasteiger partial charge is 0.416 e. The van der Waals surface area contributed by atoms with Crippen molar-refractivity contribution in [2.24, 2.45) is 0 Å². The average Bonchev–Trinajstić information content (AvgIpc) is 2.47. The maximum Gasteiger partial charge on any atom is 0.416 e. The molecule has 9 heteroatoms. The molecule has 0 radical (unpaired) electrons. The van der Waals surface area contributed by atoms with Gasteiger partial charge in [-0.3, -0.25) is 4.79 Å². The van der Waals surface area contributed by atoms with E-state index in [0.29, 0.717) is 0 Å². The van der Waals surface area contributed by atoms with Crippen LogP contribution in [0, 0.1) is 0 Å². The maximum atomic E-state index is 12.9. The molecule has 2 aromatic rings. The number of H-pyrrole nitrogens is 1. The normalized spacial score (nSPS) is 13.0. The number of hydrogen-bond acceptors (Lipinski definition) is 4. The lowest BCUT2D eigenvalue weighted by Gasteiger charge is -2.18. The number of rotatable bonds is 4. The highest BCUT2D eigenvalue weighted by Crippen LogP contribution is 2.34. The van der Waals surface area contributed by atoms with E-state index in [9.17, 15) is 23.1 Å². The first kappa shape index (κ1) is 16.3. The zero-order chi connectivity index (χ0) is 16.3. The first-order chi connectivity index (χ1) is 10.3. The number of aromatic nitrogens is 2. The molecule has 22 heavy (non-hydrogen) atoms. The Labute approximate surface area is 127 Å². The molecular formula is C13H11ClF3N3O2. The first-order valence-electron chi connectivity index (χ1n) is 6.12. The third-order valence-electron chi connectivity index (χ3n) is 2.91. The number of alkyl halides is 3. The van der Waals surface area contributed by atoms with Crippen LogP contribution in [-0.4, -0.2) is 21.8 Å². The summed E-state index contributed by atoms with van der Waals surface area (Å²) in [5.41, 5.74) is -1.71. The van der Waals surface area contributed by atoms with Crippen LogP contribution in [0.2, 0.25) is 5.02 Å². The Morgan fingerprint density at radius 3 is 2.73 bits per heavy atom. The van der Waals surface area contributed by atoms with E-state index in [4.69, 9.17) is 11.6 Å². The Hall–Kier alpha value is -2.06. The second-order valence-electron chi connectivity index (χ2n) is 4.41. The van der Waals surface area contributed by atoms with Crippen LogP contribution in [0.4, 0.5) is 18.9 Å². The highest BCUT2D eigenvalue weighted by atomic mass is 35.5. The van der Waals surface area contributed by atoms with Gasteiger partial charge in [0.05, 0.1) is 23.6 Å². The molecule has 1 aromatic heterocycles. The van der Waals surface area contributed by atoms with Crippen LogP contribution in [0.25, 0.3) is 0 Å².